The lowest BCUT2D eigenvalue weighted by Gasteiger charge is -2.19. The first-order chi connectivity index (χ1) is 9.04. The molecule has 0 spiro atoms. The van der Waals surface area contributed by atoms with Gasteiger partial charge in [-0.05, 0) is 24.1 Å². The third-order valence-corrected chi connectivity index (χ3v) is 2.89. The summed E-state index contributed by atoms with van der Waals surface area (Å²) in [6.07, 6.45) is 0. The highest BCUT2D eigenvalue weighted by Gasteiger charge is 2.21. The molecule has 19 heavy (non-hydrogen) atoms. The predicted molar refractivity (Wildman–Crippen MR) is 75.6 cm³/mol. The molecule has 0 saturated heterocycles. The minimum Gasteiger partial charge on any atom is -0.492 e. The van der Waals surface area contributed by atoms with Gasteiger partial charge in [-0.25, -0.2) is 0 Å². The maximum Gasteiger partial charge on any atom is 0.323 e. The molecule has 5 heteroatoms. The van der Waals surface area contributed by atoms with Crippen LogP contribution in [0.15, 0.2) is 24.3 Å². The second-order valence-electron chi connectivity index (χ2n) is 4.50. The van der Waals surface area contributed by atoms with E-state index in [2.05, 4.69) is 5.32 Å². The number of nitrogens with one attached hydrogen (secondary N) is 1. The van der Waals surface area contributed by atoms with Crippen LogP contribution in [0, 0.1) is 5.92 Å². The molecule has 4 nitrogen and oxygen atoms in total. The van der Waals surface area contributed by atoms with E-state index in [9.17, 15) is 4.79 Å². The Labute approximate surface area is 119 Å². The molecule has 0 saturated carbocycles. The molecular weight excluding hydrogens is 266 g/mol. The maximum atomic E-state index is 11.5. The molecule has 1 aromatic rings. The summed E-state index contributed by atoms with van der Waals surface area (Å²) >= 11 is 5.85. The summed E-state index contributed by atoms with van der Waals surface area (Å²) < 4.78 is 10.3. The number of rotatable bonds is 7. The summed E-state index contributed by atoms with van der Waals surface area (Å²) in [5.41, 5.74) is 0. The number of ether oxygens (including phenoxy) is 2. The SMILES string of the molecule is COC(=O)C(NCCOc1cccc(Cl)c1)C(C)C. The van der Waals surface area contributed by atoms with Gasteiger partial charge in [0, 0.05) is 11.6 Å². The van der Waals surface area contributed by atoms with Crippen molar-refractivity contribution in [3.63, 3.8) is 0 Å². The Balaban J connectivity index is 2.35. The number of carbonyl (C=O) groups excluding carboxylic acids is 1. The van der Waals surface area contributed by atoms with Crippen molar-refractivity contribution in [3.8, 4) is 5.75 Å². The molecule has 0 fully saturated rings. The lowest BCUT2D eigenvalue weighted by Crippen LogP contribution is -2.43. The largest absolute Gasteiger partial charge is 0.492 e. The number of esters is 1. The van der Waals surface area contributed by atoms with Crippen LogP contribution < -0.4 is 10.1 Å². The molecule has 1 aromatic carbocycles. The van der Waals surface area contributed by atoms with E-state index in [4.69, 9.17) is 21.1 Å². The van der Waals surface area contributed by atoms with E-state index in [0.717, 1.165) is 0 Å². The molecule has 106 valence electrons. The van der Waals surface area contributed by atoms with E-state index in [-0.39, 0.29) is 17.9 Å². The number of methoxy groups -OCH3 is 1. The number of carbonyl (C=O) groups is 1. The van der Waals surface area contributed by atoms with Gasteiger partial charge in [0.2, 0.25) is 0 Å². The van der Waals surface area contributed by atoms with Crippen molar-refractivity contribution in [2.24, 2.45) is 5.92 Å². The lowest BCUT2D eigenvalue weighted by molar-refractivity contribution is -0.144. The Kier molecular flexibility index (Phi) is 6.67. The van der Waals surface area contributed by atoms with Gasteiger partial charge in [-0.1, -0.05) is 31.5 Å². The predicted octanol–water partition coefficient (Wildman–Crippen LogP) is 2.51. The van der Waals surface area contributed by atoms with Crippen molar-refractivity contribution < 1.29 is 14.3 Å². The van der Waals surface area contributed by atoms with Gasteiger partial charge < -0.3 is 14.8 Å². The van der Waals surface area contributed by atoms with Gasteiger partial charge in [0.1, 0.15) is 18.4 Å². The average Bonchev–Trinajstić information content (AvgIpc) is 2.37. The molecule has 1 atom stereocenters. The highest BCUT2D eigenvalue weighted by atomic mass is 35.5. The van der Waals surface area contributed by atoms with Crippen LogP contribution >= 0.6 is 11.6 Å². The van der Waals surface area contributed by atoms with E-state index in [1.807, 2.05) is 26.0 Å². The number of halogens is 1. The third-order valence-electron chi connectivity index (χ3n) is 2.65. The van der Waals surface area contributed by atoms with Crippen molar-refractivity contribution in [1.29, 1.82) is 0 Å². The molecule has 0 bridgehead atoms. The normalized spacial score (nSPS) is 12.3. The van der Waals surface area contributed by atoms with E-state index in [1.54, 1.807) is 12.1 Å². The van der Waals surface area contributed by atoms with E-state index >= 15 is 0 Å². The fourth-order valence-electron chi connectivity index (χ4n) is 1.66. The molecule has 1 rings (SSSR count). The molecule has 0 aliphatic carbocycles. The van der Waals surface area contributed by atoms with Gasteiger partial charge in [0.05, 0.1) is 7.11 Å². The minimum atomic E-state index is -0.312. The molecule has 0 aliphatic rings. The molecule has 0 aromatic heterocycles. The van der Waals surface area contributed by atoms with Crippen molar-refractivity contribution >= 4 is 17.6 Å². The highest BCUT2D eigenvalue weighted by Crippen LogP contribution is 2.16. The standard InChI is InChI=1S/C14H20ClNO3/c1-10(2)13(14(17)18-3)16-7-8-19-12-6-4-5-11(15)9-12/h4-6,9-10,13,16H,7-8H2,1-3H3. The van der Waals surface area contributed by atoms with Crippen LogP contribution in [-0.2, 0) is 9.53 Å². The minimum absolute atomic E-state index is 0.165. The molecule has 0 radical (unpaired) electrons. The van der Waals surface area contributed by atoms with E-state index in [0.29, 0.717) is 23.9 Å². The maximum absolute atomic E-state index is 11.5. The first kappa shape index (κ1) is 15.8. The first-order valence-corrected chi connectivity index (χ1v) is 6.62. The fraction of sp³-hybridized carbons (Fsp3) is 0.500. The lowest BCUT2D eigenvalue weighted by atomic mass is 10.1. The summed E-state index contributed by atoms with van der Waals surface area (Å²) in [7, 11) is 1.39. The van der Waals surface area contributed by atoms with Gasteiger partial charge >= 0.3 is 5.97 Å². The molecule has 1 N–H and O–H groups in total. The topological polar surface area (TPSA) is 47.6 Å². The van der Waals surface area contributed by atoms with Gasteiger partial charge in [0.15, 0.2) is 0 Å². The molecule has 0 aliphatic heterocycles. The smallest absolute Gasteiger partial charge is 0.323 e. The zero-order valence-electron chi connectivity index (χ0n) is 11.5. The third kappa shape index (κ3) is 5.49. The van der Waals surface area contributed by atoms with Gasteiger partial charge in [-0.3, -0.25) is 4.79 Å². The average molecular weight is 286 g/mol. The highest BCUT2D eigenvalue weighted by molar-refractivity contribution is 6.30. The van der Waals surface area contributed by atoms with Crippen molar-refractivity contribution in [2.45, 2.75) is 19.9 Å². The van der Waals surface area contributed by atoms with Gasteiger partial charge in [-0.15, -0.1) is 0 Å². The van der Waals surface area contributed by atoms with Crippen molar-refractivity contribution in [3.05, 3.63) is 29.3 Å². The van der Waals surface area contributed by atoms with Crippen LogP contribution in [0.5, 0.6) is 5.75 Å². The van der Waals surface area contributed by atoms with Crippen LogP contribution in [0.25, 0.3) is 0 Å². The van der Waals surface area contributed by atoms with Crippen molar-refractivity contribution in [2.75, 3.05) is 20.3 Å². The van der Waals surface area contributed by atoms with Crippen LogP contribution in [0.4, 0.5) is 0 Å². The number of benzene rings is 1. The Morgan fingerprint density at radius 1 is 1.42 bits per heavy atom. The van der Waals surface area contributed by atoms with Crippen molar-refractivity contribution in [1.82, 2.24) is 5.32 Å². The molecular formula is C14H20ClNO3. The van der Waals surface area contributed by atoms with Crippen LogP contribution in [0.3, 0.4) is 0 Å². The summed E-state index contributed by atoms with van der Waals surface area (Å²) in [5, 5.41) is 3.76. The summed E-state index contributed by atoms with van der Waals surface area (Å²) in [6.45, 7) is 4.95. The van der Waals surface area contributed by atoms with Crippen LogP contribution in [0.1, 0.15) is 13.8 Å². The Hall–Kier alpha value is -1.26. The Morgan fingerprint density at radius 3 is 2.74 bits per heavy atom. The number of hydrogen-bond donors (Lipinski definition) is 1. The summed E-state index contributed by atoms with van der Waals surface area (Å²) in [6, 6.07) is 6.90. The molecule has 0 heterocycles. The second-order valence-corrected chi connectivity index (χ2v) is 4.94. The second kappa shape index (κ2) is 8.02. The van der Waals surface area contributed by atoms with Crippen LogP contribution in [-0.4, -0.2) is 32.3 Å². The number of hydrogen-bond acceptors (Lipinski definition) is 4. The Morgan fingerprint density at radius 2 is 2.16 bits per heavy atom. The first-order valence-electron chi connectivity index (χ1n) is 6.24. The quantitative estimate of drug-likeness (QED) is 0.618. The summed E-state index contributed by atoms with van der Waals surface area (Å²) in [5.74, 6) is 0.629. The van der Waals surface area contributed by atoms with Crippen LogP contribution in [0.2, 0.25) is 5.02 Å². The molecule has 0 amide bonds. The van der Waals surface area contributed by atoms with Gasteiger partial charge in [0.25, 0.3) is 0 Å². The monoisotopic (exact) mass is 285 g/mol. The zero-order valence-corrected chi connectivity index (χ0v) is 12.2. The van der Waals surface area contributed by atoms with E-state index in [1.165, 1.54) is 7.11 Å². The zero-order chi connectivity index (χ0) is 14.3. The van der Waals surface area contributed by atoms with E-state index < -0.39 is 0 Å². The fourth-order valence-corrected chi connectivity index (χ4v) is 1.84. The molecule has 1 unspecified atom stereocenters. The Bertz CT molecular complexity index is 409. The summed E-state index contributed by atoms with van der Waals surface area (Å²) in [4.78, 5) is 11.5. The van der Waals surface area contributed by atoms with Gasteiger partial charge in [-0.2, -0.15) is 0 Å².